The maximum Gasteiger partial charge on any atom is 0.191 e. The quantitative estimate of drug-likeness (QED) is 0.480. The van der Waals surface area contributed by atoms with Crippen molar-refractivity contribution >= 4 is 39.5 Å². The minimum atomic E-state index is -0.816. The van der Waals surface area contributed by atoms with E-state index in [9.17, 15) is 4.79 Å². The van der Waals surface area contributed by atoms with Crippen LogP contribution in [0.25, 0.3) is 0 Å². The van der Waals surface area contributed by atoms with Gasteiger partial charge in [-0.3, -0.25) is 0 Å². The minimum Gasteiger partial charge on any atom is -0.370 e. The van der Waals surface area contributed by atoms with E-state index >= 15 is 0 Å². The van der Waals surface area contributed by atoms with E-state index in [0.29, 0.717) is 5.96 Å². The first-order valence-corrected chi connectivity index (χ1v) is 8.85. The number of carbonyl (C=O) groups is 1. The highest BCUT2D eigenvalue weighted by atomic mass is 79.9. The molecular weight excluding hydrogens is 374 g/mol. The van der Waals surface area contributed by atoms with Gasteiger partial charge < -0.3 is 15.4 Å². The first-order valence-electron chi connectivity index (χ1n) is 7.17. The number of thiophene rings is 1. The standard InChI is InChI=1S/C17H20BrN3OS/c1-12-15(7-10-23-12)17(8-9-22,20-16(19)21(2)3)13-5-4-6-14(18)11-13/h4-7,9-11H,8H2,1-3H3,(H2,19,20). The molecule has 0 saturated carbocycles. The van der Waals surface area contributed by atoms with Gasteiger partial charge in [-0.1, -0.05) is 28.1 Å². The summed E-state index contributed by atoms with van der Waals surface area (Å²) >= 11 is 5.15. The number of halogens is 1. The van der Waals surface area contributed by atoms with Crippen LogP contribution in [0.4, 0.5) is 0 Å². The number of aryl methyl sites for hydroxylation is 1. The molecule has 2 N–H and O–H groups in total. The Bertz CT molecular complexity index is 726. The van der Waals surface area contributed by atoms with Gasteiger partial charge in [-0.2, -0.15) is 0 Å². The first kappa shape index (κ1) is 17.7. The highest BCUT2D eigenvalue weighted by Gasteiger charge is 2.36. The van der Waals surface area contributed by atoms with Gasteiger partial charge in [0.25, 0.3) is 0 Å². The van der Waals surface area contributed by atoms with E-state index in [4.69, 9.17) is 10.7 Å². The molecule has 1 heterocycles. The summed E-state index contributed by atoms with van der Waals surface area (Å²) in [5, 5.41) is 2.02. The second-order valence-electron chi connectivity index (χ2n) is 5.50. The molecule has 23 heavy (non-hydrogen) atoms. The number of aldehydes is 1. The Morgan fingerprint density at radius 3 is 2.70 bits per heavy atom. The van der Waals surface area contributed by atoms with Gasteiger partial charge in [-0.05, 0) is 41.6 Å². The minimum absolute atomic E-state index is 0.232. The van der Waals surface area contributed by atoms with Crippen molar-refractivity contribution in [1.29, 1.82) is 0 Å². The number of aliphatic imine (C=N–C) groups is 1. The van der Waals surface area contributed by atoms with Crippen LogP contribution in [-0.2, 0) is 10.3 Å². The molecule has 0 spiro atoms. The van der Waals surface area contributed by atoms with Crippen LogP contribution in [-0.4, -0.2) is 31.2 Å². The molecule has 0 aliphatic rings. The Hall–Kier alpha value is -1.66. The summed E-state index contributed by atoms with van der Waals surface area (Å²) in [7, 11) is 3.68. The third-order valence-corrected chi connectivity index (χ3v) is 5.09. The number of nitrogens with zero attached hydrogens (tertiary/aromatic N) is 2. The van der Waals surface area contributed by atoms with E-state index in [2.05, 4.69) is 15.9 Å². The van der Waals surface area contributed by atoms with Gasteiger partial charge >= 0.3 is 0 Å². The smallest absolute Gasteiger partial charge is 0.191 e. The molecule has 0 bridgehead atoms. The summed E-state index contributed by atoms with van der Waals surface area (Å²) in [5.41, 5.74) is 7.25. The highest BCUT2D eigenvalue weighted by molar-refractivity contribution is 9.10. The molecule has 122 valence electrons. The lowest BCUT2D eigenvalue weighted by molar-refractivity contribution is -0.108. The van der Waals surface area contributed by atoms with Gasteiger partial charge in [0.15, 0.2) is 5.96 Å². The fourth-order valence-corrected chi connectivity index (χ4v) is 3.70. The summed E-state index contributed by atoms with van der Waals surface area (Å²) in [4.78, 5) is 19.2. The second-order valence-corrected chi connectivity index (χ2v) is 7.53. The van der Waals surface area contributed by atoms with Crippen LogP contribution >= 0.6 is 27.3 Å². The summed E-state index contributed by atoms with van der Waals surface area (Å²) in [6.45, 7) is 2.04. The zero-order valence-electron chi connectivity index (χ0n) is 13.4. The van der Waals surface area contributed by atoms with E-state index in [1.807, 2.05) is 56.7 Å². The molecule has 0 aliphatic carbocycles. The van der Waals surface area contributed by atoms with E-state index in [1.165, 1.54) is 0 Å². The van der Waals surface area contributed by atoms with Gasteiger partial charge in [-0.15, -0.1) is 11.3 Å². The molecule has 0 amide bonds. The van der Waals surface area contributed by atoms with Crippen LogP contribution in [0.2, 0.25) is 0 Å². The zero-order valence-corrected chi connectivity index (χ0v) is 15.8. The zero-order chi connectivity index (χ0) is 17.0. The molecule has 0 radical (unpaired) electrons. The number of guanidine groups is 1. The molecule has 6 heteroatoms. The predicted octanol–water partition coefficient (Wildman–Crippen LogP) is 3.53. The second kappa shape index (κ2) is 7.27. The molecule has 2 aromatic rings. The van der Waals surface area contributed by atoms with Crippen LogP contribution in [0.1, 0.15) is 22.4 Å². The topological polar surface area (TPSA) is 58.7 Å². The Kier molecular flexibility index (Phi) is 5.59. The average molecular weight is 394 g/mol. The molecule has 1 atom stereocenters. The van der Waals surface area contributed by atoms with Crippen molar-refractivity contribution in [2.75, 3.05) is 14.1 Å². The number of hydrogen-bond donors (Lipinski definition) is 1. The van der Waals surface area contributed by atoms with Crippen molar-refractivity contribution < 1.29 is 4.79 Å². The molecule has 1 aromatic carbocycles. The number of nitrogens with two attached hydrogens (primary N) is 1. The molecule has 4 nitrogen and oxygen atoms in total. The summed E-state index contributed by atoms with van der Waals surface area (Å²) in [6, 6.07) is 9.90. The normalized spacial score (nSPS) is 14.3. The third kappa shape index (κ3) is 3.64. The average Bonchev–Trinajstić information content (AvgIpc) is 2.93. The number of hydrogen-bond acceptors (Lipinski definition) is 3. The Labute approximate surface area is 149 Å². The summed E-state index contributed by atoms with van der Waals surface area (Å²) in [6.07, 6.45) is 1.14. The van der Waals surface area contributed by atoms with Crippen LogP contribution < -0.4 is 5.73 Å². The molecule has 0 saturated heterocycles. The maximum atomic E-state index is 11.5. The summed E-state index contributed by atoms with van der Waals surface area (Å²) in [5.74, 6) is 0.387. The van der Waals surface area contributed by atoms with Crippen molar-refractivity contribution in [2.24, 2.45) is 10.7 Å². The Morgan fingerprint density at radius 1 is 1.43 bits per heavy atom. The van der Waals surface area contributed by atoms with Crippen LogP contribution in [0.3, 0.4) is 0 Å². The van der Waals surface area contributed by atoms with Crippen molar-refractivity contribution in [3.8, 4) is 0 Å². The SMILES string of the molecule is Cc1sccc1C(CC=O)(N=C(N)N(C)C)c1cccc(Br)c1. The molecule has 0 aliphatic heterocycles. The lowest BCUT2D eigenvalue weighted by Gasteiger charge is -2.31. The summed E-state index contributed by atoms with van der Waals surface area (Å²) < 4.78 is 0.941. The monoisotopic (exact) mass is 393 g/mol. The first-order chi connectivity index (χ1) is 10.9. The fraction of sp³-hybridized carbons (Fsp3) is 0.294. The van der Waals surface area contributed by atoms with Gasteiger partial charge in [0.2, 0.25) is 0 Å². The van der Waals surface area contributed by atoms with Crippen LogP contribution in [0.15, 0.2) is 45.2 Å². The number of rotatable bonds is 5. The van der Waals surface area contributed by atoms with Gasteiger partial charge in [-0.25, -0.2) is 4.99 Å². The van der Waals surface area contributed by atoms with Crippen molar-refractivity contribution in [1.82, 2.24) is 4.90 Å². The van der Waals surface area contributed by atoms with Gasteiger partial charge in [0, 0.05) is 29.9 Å². The van der Waals surface area contributed by atoms with E-state index in [-0.39, 0.29) is 6.42 Å². The molecule has 0 fully saturated rings. The molecular formula is C17H20BrN3OS. The molecule has 1 unspecified atom stereocenters. The van der Waals surface area contributed by atoms with Gasteiger partial charge in [0.1, 0.15) is 11.8 Å². The maximum absolute atomic E-state index is 11.5. The Balaban J connectivity index is 2.77. The van der Waals surface area contributed by atoms with Crippen molar-refractivity contribution in [3.05, 3.63) is 56.2 Å². The predicted molar refractivity (Wildman–Crippen MR) is 100.0 cm³/mol. The molecule has 1 aromatic heterocycles. The molecule has 2 rings (SSSR count). The lowest BCUT2D eigenvalue weighted by Crippen LogP contribution is -2.36. The number of benzene rings is 1. The van der Waals surface area contributed by atoms with E-state index < -0.39 is 5.54 Å². The van der Waals surface area contributed by atoms with Crippen LogP contribution in [0, 0.1) is 6.92 Å². The van der Waals surface area contributed by atoms with E-state index in [0.717, 1.165) is 26.8 Å². The third-order valence-electron chi connectivity index (χ3n) is 3.75. The number of carbonyl (C=O) groups excluding carboxylic acids is 1. The van der Waals surface area contributed by atoms with Crippen molar-refractivity contribution in [3.63, 3.8) is 0 Å². The Morgan fingerprint density at radius 2 is 2.17 bits per heavy atom. The largest absolute Gasteiger partial charge is 0.370 e. The lowest BCUT2D eigenvalue weighted by atomic mass is 9.81. The van der Waals surface area contributed by atoms with Crippen LogP contribution in [0.5, 0.6) is 0 Å². The van der Waals surface area contributed by atoms with E-state index in [1.54, 1.807) is 16.2 Å². The highest BCUT2D eigenvalue weighted by Crippen LogP contribution is 2.41. The fourth-order valence-electron chi connectivity index (χ4n) is 2.53. The van der Waals surface area contributed by atoms with Crippen molar-refractivity contribution in [2.45, 2.75) is 18.9 Å². The van der Waals surface area contributed by atoms with Gasteiger partial charge in [0.05, 0.1) is 0 Å².